The molecule has 8 nitrogen and oxygen atoms in total. The molecular weight excluding hydrogens is 342 g/mol. The molecule has 0 aliphatic carbocycles. The van der Waals surface area contributed by atoms with E-state index in [0.29, 0.717) is 26.2 Å². The van der Waals surface area contributed by atoms with Gasteiger partial charge in [0.05, 0.1) is 11.2 Å². The van der Waals surface area contributed by atoms with E-state index in [1.54, 1.807) is 4.90 Å². The number of nitrogens with one attached hydrogen (secondary N) is 1. The highest BCUT2D eigenvalue weighted by Crippen LogP contribution is 2.29. The largest absolute Gasteiger partial charge is 0.352 e. The second-order valence-electron chi connectivity index (χ2n) is 6.01. The fourth-order valence-corrected chi connectivity index (χ4v) is 3.91. The van der Waals surface area contributed by atoms with Crippen LogP contribution in [-0.2, 0) is 9.59 Å². The van der Waals surface area contributed by atoms with E-state index in [1.165, 1.54) is 11.5 Å². The molecule has 2 saturated heterocycles. The number of benzene rings is 1. The van der Waals surface area contributed by atoms with Crippen LogP contribution >= 0.6 is 11.5 Å². The molecule has 0 radical (unpaired) electrons. The Hall–Kier alpha value is -2.68. The number of fused-ring (bicyclic) bond motifs is 1. The second kappa shape index (κ2) is 6.32. The van der Waals surface area contributed by atoms with Crippen molar-refractivity contribution in [1.29, 1.82) is 0 Å². The lowest BCUT2D eigenvalue weighted by Crippen LogP contribution is -2.52. The number of hydrogen-bond donors (Lipinski definition) is 1. The Morgan fingerprint density at radius 1 is 1.16 bits per heavy atom. The van der Waals surface area contributed by atoms with Gasteiger partial charge in [0.2, 0.25) is 5.91 Å². The van der Waals surface area contributed by atoms with Crippen LogP contribution in [0, 0.1) is 0 Å². The smallest absolute Gasteiger partial charge is 0.325 e. The Kier molecular flexibility index (Phi) is 4.00. The zero-order chi connectivity index (χ0) is 17.4. The van der Waals surface area contributed by atoms with Crippen LogP contribution in [0.25, 0.3) is 10.1 Å². The molecule has 130 valence electrons. The quantitative estimate of drug-likeness (QED) is 0.807. The number of carbonyl (C=O) groups is 3. The van der Waals surface area contributed by atoms with E-state index in [0.717, 1.165) is 20.8 Å². The first-order valence-electron chi connectivity index (χ1n) is 8.09. The maximum absolute atomic E-state index is 12.4. The van der Waals surface area contributed by atoms with Crippen LogP contribution in [0.15, 0.2) is 24.3 Å². The van der Waals surface area contributed by atoms with Crippen LogP contribution in [0.5, 0.6) is 0 Å². The number of nitrogens with zero attached hydrogens (tertiary/aromatic N) is 4. The molecule has 2 aliphatic rings. The van der Waals surface area contributed by atoms with Crippen molar-refractivity contribution in [3.05, 3.63) is 24.3 Å². The number of urea groups is 1. The highest BCUT2D eigenvalue weighted by atomic mass is 32.1. The standard InChI is InChI=1S/C16H17N5O3S/c22-13-9-17-16(24)21(13)10-14(23)19-5-7-20(8-6-19)15-11-3-1-2-4-12(11)25-18-15/h1-4H,5-10H2,(H,17,24). The summed E-state index contributed by atoms with van der Waals surface area (Å²) in [6.45, 7) is 2.24. The third-order valence-electron chi connectivity index (χ3n) is 4.52. The Balaban J connectivity index is 1.39. The first-order valence-corrected chi connectivity index (χ1v) is 8.86. The number of aromatic nitrogens is 1. The molecule has 1 aromatic carbocycles. The van der Waals surface area contributed by atoms with Crippen molar-refractivity contribution in [2.75, 3.05) is 44.2 Å². The van der Waals surface area contributed by atoms with E-state index < -0.39 is 6.03 Å². The van der Waals surface area contributed by atoms with Gasteiger partial charge in [0.25, 0.3) is 5.91 Å². The Morgan fingerprint density at radius 3 is 2.64 bits per heavy atom. The summed E-state index contributed by atoms with van der Waals surface area (Å²) in [7, 11) is 0. The molecule has 0 spiro atoms. The highest BCUT2D eigenvalue weighted by Gasteiger charge is 2.32. The van der Waals surface area contributed by atoms with Crippen LogP contribution < -0.4 is 10.2 Å². The normalized spacial score (nSPS) is 18.2. The summed E-state index contributed by atoms with van der Waals surface area (Å²) >= 11 is 1.48. The summed E-state index contributed by atoms with van der Waals surface area (Å²) in [6, 6.07) is 7.61. The minimum absolute atomic E-state index is 0.0310. The molecule has 9 heteroatoms. The molecule has 0 unspecified atom stereocenters. The van der Waals surface area contributed by atoms with E-state index in [1.807, 2.05) is 18.2 Å². The minimum Gasteiger partial charge on any atom is -0.352 e. The average molecular weight is 359 g/mol. The topological polar surface area (TPSA) is 85.8 Å². The van der Waals surface area contributed by atoms with Crippen molar-refractivity contribution in [1.82, 2.24) is 19.5 Å². The van der Waals surface area contributed by atoms with E-state index >= 15 is 0 Å². The monoisotopic (exact) mass is 359 g/mol. The van der Waals surface area contributed by atoms with Gasteiger partial charge in [-0.1, -0.05) is 12.1 Å². The predicted octanol–water partition coefficient (Wildman–Crippen LogP) is 0.497. The number of carbonyl (C=O) groups excluding carboxylic acids is 3. The van der Waals surface area contributed by atoms with Gasteiger partial charge < -0.3 is 15.1 Å². The van der Waals surface area contributed by atoms with Gasteiger partial charge >= 0.3 is 6.03 Å². The predicted molar refractivity (Wildman–Crippen MR) is 93.5 cm³/mol. The molecule has 2 aliphatic heterocycles. The molecular formula is C16H17N5O3S. The second-order valence-corrected chi connectivity index (χ2v) is 6.81. The van der Waals surface area contributed by atoms with Gasteiger partial charge in [0.15, 0.2) is 0 Å². The molecule has 4 amide bonds. The van der Waals surface area contributed by atoms with Crippen LogP contribution in [0.1, 0.15) is 0 Å². The summed E-state index contributed by atoms with van der Waals surface area (Å²) in [6.07, 6.45) is 0. The van der Waals surface area contributed by atoms with Crippen LogP contribution in [-0.4, -0.2) is 71.3 Å². The highest BCUT2D eigenvalue weighted by molar-refractivity contribution is 7.13. The molecule has 0 saturated carbocycles. The first-order chi connectivity index (χ1) is 12.1. The molecule has 4 rings (SSSR count). The molecule has 0 bridgehead atoms. The number of piperazine rings is 1. The fraction of sp³-hybridized carbons (Fsp3) is 0.375. The lowest BCUT2D eigenvalue weighted by Gasteiger charge is -2.35. The zero-order valence-corrected chi connectivity index (χ0v) is 14.3. The minimum atomic E-state index is -0.495. The Bertz CT molecular complexity index is 827. The number of rotatable bonds is 3. The third kappa shape index (κ3) is 2.91. The molecule has 25 heavy (non-hydrogen) atoms. The summed E-state index contributed by atoms with van der Waals surface area (Å²) in [5.41, 5.74) is 0. The van der Waals surface area contributed by atoms with E-state index in [-0.39, 0.29) is 24.9 Å². The van der Waals surface area contributed by atoms with Crippen molar-refractivity contribution in [3.8, 4) is 0 Å². The van der Waals surface area contributed by atoms with Crippen molar-refractivity contribution in [3.63, 3.8) is 0 Å². The third-order valence-corrected chi connectivity index (χ3v) is 5.34. The van der Waals surface area contributed by atoms with Crippen molar-refractivity contribution in [2.45, 2.75) is 0 Å². The Labute approximate surface area is 148 Å². The first kappa shape index (κ1) is 15.8. The van der Waals surface area contributed by atoms with Gasteiger partial charge in [-0.15, -0.1) is 0 Å². The van der Waals surface area contributed by atoms with Crippen LogP contribution in [0.4, 0.5) is 10.6 Å². The van der Waals surface area contributed by atoms with Crippen molar-refractivity contribution in [2.24, 2.45) is 0 Å². The Morgan fingerprint density at radius 2 is 1.92 bits per heavy atom. The number of hydrogen-bond acceptors (Lipinski definition) is 6. The van der Waals surface area contributed by atoms with Gasteiger partial charge in [-0.3, -0.25) is 14.5 Å². The van der Waals surface area contributed by atoms with E-state index in [2.05, 4.69) is 20.7 Å². The molecule has 2 fully saturated rings. The van der Waals surface area contributed by atoms with Crippen molar-refractivity contribution < 1.29 is 14.4 Å². The van der Waals surface area contributed by atoms with Crippen LogP contribution in [0.2, 0.25) is 0 Å². The van der Waals surface area contributed by atoms with Gasteiger partial charge in [0, 0.05) is 31.6 Å². The van der Waals surface area contributed by atoms with E-state index in [9.17, 15) is 14.4 Å². The maximum Gasteiger partial charge on any atom is 0.325 e. The van der Waals surface area contributed by atoms with Crippen molar-refractivity contribution >= 4 is 45.3 Å². The average Bonchev–Trinajstić information content (AvgIpc) is 3.20. The number of anilines is 1. The maximum atomic E-state index is 12.4. The van der Waals surface area contributed by atoms with Gasteiger partial charge in [-0.2, -0.15) is 4.37 Å². The molecule has 2 aromatic rings. The molecule has 1 aromatic heterocycles. The molecule has 1 N–H and O–H groups in total. The molecule has 3 heterocycles. The molecule has 0 atom stereocenters. The fourth-order valence-electron chi connectivity index (χ4n) is 3.12. The summed E-state index contributed by atoms with van der Waals surface area (Å²) in [5.74, 6) is 0.404. The van der Waals surface area contributed by atoms with Gasteiger partial charge in [-0.05, 0) is 23.7 Å². The summed E-state index contributed by atoms with van der Waals surface area (Å²) < 4.78 is 5.70. The van der Waals surface area contributed by atoms with Gasteiger partial charge in [-0.25, -0.2) is 4.79 Å². The lowest BCUT2D eigenvalue weighted by atomic mass is 10.2. The SMILES string of the molecule is O=C(CN1C(=O)CNC1=O)N1CCN(c2nsc3ccccc23)CC1. The summed E-state index contributed by atoms with van der Waals surface area (Å²) in [5, 5.41) is 3.55. The zero-order valence-electron chi connectivity index (χ0n) is 13.5. The lowest BCUT2D eigenvalue weighted by molar-refractivity contribution is -0.136. The number of amides is 4. The van der Waals surface area contributed by atoms with E-state index in [4.69, 9.17) is 0 Å². The number of imide groups is 1. The van der Waals surface area contributed by atoms with Gasteiger partial charge in [0.1, 0.15) is 12.4 Å². The van der Waals surface area contributed by atoms with Crippen LogP contribution in [0.3, 0.4) is 0 Å². The summed E-state index contributed by atoms with van der Waals surface area (Å²) in [4.78, 5) is 40.4.